The van der Waals surface area contributed by atoms with Crippen LogP contribution in [0.2, 0.25) is 0 Å². The summed E-state index contributed by atoms with van der Waals surface area (Å²) in [6, 6.07) is 11.5. The molecular weight excluding hydrogens is 462 g/mol. The minimum Gasteiger partial charge on any atom is -0.481 e. The third kappa shape index (κ3) is 3.81. The lowest BCUT2D eigenvalue weighted by Crippen LogP contribution is -2.51. The number of aliphatic carboxylic acids is 1. The van der Waals surface area contributed by atoms with Crippen molar-refractivity contribution in [3.05, 3.63) is 65.9 Å². The van der Waals surface area contributed by atoms with E-state index in [4.69, 9.17) is 9.97 Å². The summed E-state index contributed by atoms with van der Waals surface area (Å²) in [6.45, 7) is 1.99. The van der Waals surface area contributed by atoms with Crippen LogP contribution in [0.15, 0.2) is 48.7 Å². The number of halogens is 2. The van der Waals surface area contributed by atoms with E-state index in [9.17, 15) is 18.7 Å². The molecule has 2 heterocycles. The van der Waals surface area contributed by atoms with Gasteiger partial charge in [0.05, 0.1) is 17.1 Å². The molecule has 0 amide bonds. The molecule has 4 aromatic rings. The van der Waals surface area contributed by atoms with E-state index in [1.54, 1.807) is 6.20 Å². The number of rotatable bonds is 5. The van der Waals surface area contributed by atoms with Crippen LogP contribution in [0, 0.1) is 36.3 Å². The molecule has 0 saturated heterocycles. The van der Waals surface area contributed by atoms with Crippen LogP contribution in [0.5, 0.6) is 0 Å². The summed E-state index contributed by atoms with van der Waals surface area (Å²) in [6.07, 6.45) is 5.45. The molecule has 3 fully saturated rings. The first-order valence-corrected chi connectivity index (χ1v) is 12.3. The number of fused-ring (bicyclic) bond motifs is 4. The molecule has 3 N–H and O–H groups in total. The van der Waals surface area contributed by atoms with Crippen LogP contribution in [-0.4, -0.2) is 32.1 Å². The van der Waals surface area contributed by atoms with Crippen molar-refractivity contribution in [1.82, 2.24) is 15.0 Å². The Labute approximate surface area is 206 Å². The average Bonchev–Trinajstić information content (AvgIpc) is 3.29. The largest absolute Gasteiger partial charge is 0.481 e. The SMILES string of the molecule is Cc1ccccc1-c1cc(N[C@@H]2C3CCC(CC3)[C@H]2C(=O)O)nc(-c2c[nH]c3c(F)cc(F)cc23)n1. The van der Waals surface area contributed by atoms with Gasteiger partial charge in [-0.3, -0.25) is 4.79 Å². The van der Waals surface area contributed by atoms with Gasteiger partial charge in [0.1, 0.15) is 17.5 Å². The van der Waals surface area contributed by atoms with Gasteiger partial charge in [0, 0.05) is 40.9 Å². The third-order valence-corrected chi connectivity index (χ3v) is 7.91. The molecule has 0 radical (unpaired) electrons. The van der Waals surface area contributed by atoms with Crippen molar-refractivity contribution in [1.29, 1.82) is 0 Å². The fourth-order valence-electron chi connectivity index (χ4n) is 6.16. The van der Waals surface area contributed by atoms with Crippen LogP contribution in [0.3, 0.4) is 0 Å². The maximum absolute atomic E-state index is 14.4. The van der Waals surface area contributed by atoms with Gasteiger partial charge >= 0.3 is 5.97 Å². The zero-order valence-electron chi connectivity index (χ0n) is 19.8. The van der Waals surface area contributed by atoms with Gasteiger partial charge in [0.2, 0.25) is 0 Å². The zero-order chi connectivity index (χ0) is 25.0. The van der Waals surface area contributed by atoms with E-state index < -0.39 is 23.5 Å². The van der Waals surface area contributed by atoms with Gasteiger partial charge in [-0.15, -0.1) is 0 Å². The van der Waals surface area contributed by atoms with Gasteiger partial charge in [0.15, 0.2) is 5.82 Å². The molecule has 8 heteroatoms. The monoisotopic (exact) mass is 488 g/mol. The van der Waals surface area contributed by atoms with Crippen molar-refractivity contribution in [3.8, 4) is 22.6 Å². The number of aromatic nitrogens is 3. The first kappa shape index (κ1) is 22.6. The quantitative estimate of drug-likeness (QED) is 0.312. The number of hydrogen-bond donors (Lipinski definition) is 3. The van der Waals surface area contributed by atoms with Crippen LogP contribution < -0.4 is 5.32 Å². The van der Waals surface area contributed by atoms with E-state index in [-0.39, 0.29) is 23.4 Å². The first-order chi connectivity index (χ1) is 17.4. The van der Waals surface area contributed by atoms with Crippen LogP contribution in [0.25, 0.3) is 33.5 Å². The molecule has 0 aliphatic heterocycles. The predicted molar refractivity (Wildman–Crippen MR) is 133 cm³/mol. The fraction of sp³-hybridized carbons (Fsp3) is 0.321. The number of carbonyl (C=O) groups is 1. The van der Waals surface area contributed by atoms with Gasteiger partial charge < -0.3 is 15.4 Å². The van der Waals surface area contributed by atoms with Gasteiger partial charge in [-0.05, 0) is 56.1 Å². The molecule has 2 aromatic carbocycles. The normalized spacial score (nSPS) is 23.2. The van der Waals surface area contributed by atoms with Crippen LogP contribution in [0.4, 0.5) is 14.6 Å². The van der Waals surface area contributed by atoms with Crippen LogP contribution in [-0.2, 0) is 4.79 Å². The number of nitrogens with one attached hydrogen (secondary N) is 2. The summed E-state index contributed by atoms with van der Waals surface area (Å²) < 4.78 is 28.5. The second-order valence-corrected chi connectivity index (χ2v) is 10.00. The highest BCUT2D eigenvalue weighted by atomic mass is 19.1. The molecule has 184 valence electrons. The van der Waals surface area contributed by atoms with E-state index in [1.807, 2.05) is 37.3 Å². The molecule has 36 heavy (non-hydrogen) atoms. The summed E-state index contributed by atoms with van der Waals surface area (Å²) >= 11 is 0. The molecule has 6 nitrogen and oxygen atoms in total. The van der Waals surface area contributed by atoms with Crippen molar-refractivity contribution in [3.63, 3.8) is 0 Å². The molecule has 0 unspecified atom stereocenters. The molecule has 3 aliphatic rings. The van der Waals surface area contributed by atoms with Crippen molar-refractivity contribution >= 4 is 22.7 Å². The van der Waals surface area contributed by atoms with Crippen LogP contribution >= 0.6 is 0 Å². The Balaban J connectivity index is 1.49. The lowest BCUT2D eigenvalue weighted by Gasteiger charge is -2.47. The maximum atomic E-state index is 14.4. The second kappa shape index (κ2) is 8.69. The standard InChI is InChI=1S/C28H26F2N4O2/c1-14-4-2-3-5-18(14)22-12-23(33-25-16-8-6-15(7-9-16)24(25)28(35)36)34-27(32-22)20-13-31-26-19(20)10-17(29)11-21(26)30/h2-5,10-13,15-16,24-25,31H,6-9H2,1H3,(H,35,36)(H,32,33,34)/t15?,16?,24-,25-/m1/s1. The number of aryl methyl sites for hydroxylation is 1. The summed E-state index contributed by atoms with van der Waals surface area (Å²) in [5.74, 6) is -1.40. The molecule has 7 rings (SSSR count). The van der Waals surface area contributed by atoms with E-state index in [0.29, 0.717) is 28.3 Å². The lowest BCUT2D eigenvalue weighted by molar-refractivity contribution is -0.148. The number of carboxylic acid groups (broad SMARTS) is 1. The zero-order valence-corrected chi connectivity index (χ0v) is 19.8. The van der Waals surface area contributed by atoms with Gasteiger partial charge in [-0.1, -0.05) is 24.3 Å². The van der Waals surface area contributed by atoms with E-state index in [0.717, 1.165) is 42.9 Å². The van der Waals surface area contributed by atoms with Gasteiger partial charge in [0.25, 0.3) is 0 Å². The Bertz CT molecular complexity index is 1480. The highest BCUT2D eigenvalue weighted by molar-refractivity contribution is 5.94. The second-order valence-electron chi connectivity index (χ2n) is 10.00. The minimum atomic E-state index is -0.780. The highest BCUT2D eigenvalue weighted by Crippen LogP contribution is 2.46. The lowest BCUT2D eigenvalue weighted by atomic mass is 9.61. The predicted octanol–water partition coefficient (Wildman–Crippen LogP) is 6.18. The summed E-state index contributed by atoms with van der Waals surface area (Å²) in [7, 11) is 0. The molecule has 2 aromatic heterocycles. The number of aromatic amines is 1. The van der Waals surface area contributed by atoms with Gasteiger partial charge in [-0.2, -0.15) is 0 Å². The minimum absolute atomic E-state index is 0.154. The number of benzene rings is 2. The Kier molecular flexibility index (Phi) is 5.47. The van der Waals surface area contributed by atoms with E-state index >= 15 is 0 Å². The Hall–Kier alpha value is -3.81. The first-order valence-electron chi connectivity index (χ1n) is 12.3. The summed E-state index contributed by atoms with van der Waals surface area (Å²) in [5.41, 5.74) is 3.23. The fourth-order valence-corrected chi connectivity index (χ4v) is 6.16. The average molecular weight is 489 g/mol. The summed E-state index contributed by atoms with van der Waals surface area (Å²) in [4.78, 5) is 24.6. The highest BCUT2D eigenvalue weighted by Gasteiger charge is 2.47. The summed E-state index contributed by atoms with van der Waals surface area (Å²) in [5, 5.41) is 13.8. The molecule has 3 saturated carbocycles. The van der Waals surface area contributed by atoms with E-state index in [1.165, 1.54) is 6.07 Å². The topological polar surface area (TPSA) is 90.9 Å². The Morgan fingerprint density at radius 3 is 2.53 bits per heavy atom. The number of H-pyrrole nitrogens is 1. The van der Waals surface area contributed by atoms with E-state index in [2.05, 4.69) is 10.3 Å². The maximum Gasteiger partial charge on any atom is 0.308 e. The van der Waals surface area contributed by atoms with Crippen molar-refractivity contribution in [2.75, 3.05) is 5.32 Å². The molecule has 0 spiro atoms. The van der Waals surface area contributed by atoms with Crippen molar-refractivity contribution in [2.24, 2.45) is 17.8 Å². The van der Waals surface area contributed by atoms with Crippen LogP contribution in [0.1, 0.15) is 31.2 Å². The van der Waals surface area contributed by atoms with Crippen molar-refractivity contribution < 1.29 is 18.7 Å². The smallest absolute Gasteiger partial charge is 0.308 e. The number of anilines is 1. The number of carboxylic acids is 1. The number of hydrogen-bond acceptors (Lipinski definition) is 4. The molecule has 3 aliphatic carbocycles. The molecular formula is C28H26F2N4O2. The molecule has 2 bridgehead atoms. The van der Waals surface area contributed by atoms with Gasteiger partial charge in [-0.25, -0.2) is 18.7 Å². The Morgan fingerprint density at radius 2 is 1.78 bits per heavy atom. The Morgan fingerprint density at radius 1 is 1.03 bits per heavy atom. The number of nitrogens with zero attached hydrogens (tertiary/aromatic N) is 2. The third-order valence-electron chi connectivity index (χ3n) is 7.91. The van der Waals surface area contributed by atoms with Crippen molar-refractivity contribution in [2.45, 2.75) is 38.6 Å². The molecule has 2 atom stereocenters.